The minimum absolute atomic E-state index is 0.854. The van der Waals surface area contributed by atoms with Crippen molar-refractivity contribution in [1.82, 2.24) is 15.1 Å². The third-order valence-corrected chi connectivity index (χ3v) is 3.43. The lowest BCUT2D eigenvalue weighted by molar-refractivity contribution is 0.555. The number of aromatic nitrogens is 2. The Morgan fingerprint density at radius 2 is 2.06 bits per heavy atom. The Morgan fingerprint density at radius 1 is 1.22 bits per heavy atom. The van der Waals surface area contributed by atoms with Crippen molar-refractivity contribution in [3.8, 4) is 0 Å². The third kappa shape index (κ3) is 2.99. The normalized spacial score (nSPS) is 14.9. The lowest BCUT2D eigenvalue weighted by atomic mass is 10.1. The van der Waals surface area contributed by atoms with Crippen LogP contribution in [0.4, 0.5) is 0 Å². The summed E-state index contributed by atoms with van der Waals surface area (Å²) in [6.07, 6.45) is 6.56. The van der Waals surface area contributed by atoms with Gasteiger partial charge in [-0.05, 0) is 36.0 Å². The number of hydrogen-bond acceptors (Lipinski definition) is 2. The van der Waals surface area contributed by atoms with Crippen LogP contribution in [0.3, 0.4) is 0 Å². The summed E-state index contributed by atoms with van der Waals surface area (Å²) >= 11 is 0. The lowest BCUT2D eigenvalue weighted by Gasteiger charge is -2.06. The Morgan fingerprint density at radius 3 is 2.72 bits per heavy atom. The van der Waals surface area contributed by atoms with Crippen molar-refractivity contribution < 1.29 is 0 Å². The average Bonchev–Trinajstić information content (AvgIpc) is 3.13. The van der Waals surface area contributed by atoms with Gasteiger partial charge in [-0.3, -0.25) is 4.68 Å². The first-order valence-corrected chi connectivity index (χ1v) is 6.69. The van der Waals surface area contributed by atoms with Gasteiger partial charge in [-0.2, -0.15) is 5.10 Å². The van der Waals surface area contributed by atoms with E-state index >= 15 is 0 Å². The molecule has 1 aliphatic carbocycles. The second kappa shape index (κ2) is 5.36. The van der Waals surface area contributed by atoms with Gasteiger partial charge in [0, 0.05) is 25.5 Å². The van der Waals surface area contributed by atoms with E-state index in [1.165, 1.54) is 24.0 Å². The molecule has 3 heteroatoms. The van der Waals surface area contributed by atoms with Gasteiger partial charge in [0.2, 0.25) is 0 Å². The van der Waals surface area contributed by atoms with Gasteiger partial charge in [0.05, 0.1) is 6.54 Å². The molecule has 0 bridgehead atoms. The first-order valence-electron chi connectivity index (χ1n) is 6.69. The molecule has 1 aromatic carbocycles. The summed E-state index contributed by atoms with van der Waals surface area (Å²) in [4.78, 5) is 0. The Hall–Kier alpha value is -1.61. The quantitative estimate of drug-likeness (QED) is 0.788. The van der Waals surface area contributed by atoms with Crippen LogP contribution in [0.15, 0.2) is 42.7 Å². The lowest BCUT2D eigenvalue weighted by Crippen LogP contribution is -2.19. The number of hydrogen-bond donors (Lipinski definition) is 1. The van der Waals surface area contributed by atoms with Gasteiger partial charge in [0.15, 0.2) is 0 Å². The third-order valence-electron chi connectivity index (χ3n) is 3.43. The smallest absolute Gasteiger partial charge is 0.0534 e. The van der Waals surface area contributed by atoms with Gasteiger partial charge in [-0.15, -0.1) is 0 Å². The highest BCUT2D eigenvalue weighted by atomic mass is 15.3. The van der Waals surface area contributed by atoms with E-state index in [4.69, 9.17) is 0 Å². The molecule has 0 aliphatic heterocycles. The molecule has 3 rings (SSSR count). The van der Waals surface area contributed by atoms with Crippen LogP contribution in [-0.2, 0) is 13.1 Å². The second-order valence-corrected chi connectivity index (χ2v) is 4.96. The molecule has 0 unspecified atom stereocenters. The Bertz CT molecular complexity index is 469. The molecule has 18 heavy (non-hydrogen) atoms. The summed E-state index contributed by atoms with van der Waals surface area (Å²) in [5.41, 5.74) is 2.87. The first kappa shape index (κ1) is 11.5. The summed E-state index contributed by atoms with van der Waals surface area (Å²) in [6.45, 7) is 2.81. The summed E-state index contributed by atoms with van der Waals surface area (Å²) in [5.74, 6) is 0.854. The molecular weight excluding hydrogens is 222 g/mol. The van der Waals surface area contributed by atoms with E-state index in [2.05, 4.69) is 34.7 Å². The van der Waals surface area contributed by atoms with Crippen molar-refractivity contribution in [2.75, 3.05) is 6.54 Å². The highest BCUT2D eigenvalue weighted by Gasteiger charge is 2.22. The molecule has 1 aliphatic rings. The van der Waals surface area contributed by atoms with Crippen LogP contribution in [0, 0.1) is 0 Å². The molecule has 0 radical (unpaired) electrons. The van der Waals surface area contributed by atoms with Crippen molar-refractivity contribution in [1.29, 1.82) is 0 Å². The van der Waals surface area contributed by atoms with Gasteiger partial charge in [-0.25, -0.2) is 0 Å². The largest absolute Gasteiger partial charge is 0.311 e. The van der Waals surface area contributed by atoms with Crippen molar-refractivity contribution in [2.45, 2.75) is 31.8 Å². The zero-order chi connectivity index (χ0) is 12.2. The monoisotopic (exact) mass is 241 g/mol. The van der Waals surface area contributed by atoms with Gasteiger partial charge in [0.1, 0.15) is 0 Å². The van der Waals surface area contributed by atoms with Crippen molar-refractivity contribution >= 4 is 0 Å². The maximum absolute atomic E-state index is 4.18. The number of nitrogens with zero attached hydrogens (tertiary/aromatic N) is 2. The topological polar surface area (TPSA) is 29.9 Å². The zero-order valence-electron chi connectivity index (χ0n) is 10.5. The van der Waals surface area contributed by atoms with Crippen LogP contribution < -0.4 is 5.32 Å². The molecule has 0 saturated heterocycles. The van der Waals surface area contributed by atoms with Crippen LogP contribution >= 0.6 is 0 Å². The van der Waals surface area contributed by atoms with E-state index < -0.39 is 0 Å². The molecule has 1 fully saturated rings. The van der Waals surface area contributed by atoms with E-state index in [-0.39, 0.29) is 0 Å². The first-order chi connectivity index (χ1) is 8.92. The predicted octanol–water partition coefficient (Wildman–Crippen LogP) is 2.55. The average molecular weight is 241 g/mol. The van der Waals surface area contributed by atoms with Gasteiger partial charge in [0.25, 0.3) is 0 Å². The van der Waals surface area contributed by atoms with E-state index in [1.807, 2.05) is 23.1 Å². The van der Waals surface area contributed by atoms with Crippen LogP contribution in [0.1, 0.15) is 29.9 Å². The maximum atomic E-state index is 4.18. The minimum Gasteiger partial charge on any atom is -0.311 e. The number of rotatable bonds is 6. The minimum atomic E-state index is 0.854. The van der Waals surface area contributed by atoms with Crippen LogP contribution in [0.25, 0.3) is 0 Å². The zero-order valence-corrected chi connectivity index (χ0v) is 10.5. The molecule has 3 nitrogen and oxygen atoms in total. The Balaban J connectivity index is 1.42. The van der Waals surface area contributed by atoms with Crippen molar-refractivity contribution in [3.05, 3.63) is 53.9 Å². The fourth-order valence-corrected chi connectivity index (χ4v) is 2.18. The summed E-state index contributed by atoms with van der Waals surface area (Å²) in [6, 6.07) is 11.0. The summed E-state index contributed by atoms with van der Waals surface area (Å²) in [7, 11) is 0. The van der Waals surface area contributed by atoms with Crippen LogP contribution in [-0.4, -0.2) is 16.3 Å². The number of nitrogens with one attached hydrogen (secondary N) is 1. The Labute approximate surface area is 108 Å². The molecule has 0 atom stereocenters. The maximum Gasteiger partial charge on any atom is 0.0534 e. The molecule has 2 aromatic rings. The molecule has 1 saturated carbocycles. The molecule has 1 aromatic heterocycles. The molecule has 1 heterocycles. The molecule has 1 N–H and O–H groups in total. The summed E-state index contributed by atoms with van der Waals surface area (Å²) in [5, 5.41) is 7.62. The summed E-state index contributed by atoms with van der Waals surface area (Å²) < 4.78 is 1.95. The van der Waals surface area contributed by atoms with E-state index in [0.717, 1.165) is 25.6 Å². The van der Waals surface area contributed by atoms with E-state index in [1.54, 1.807) is 0 Å². The molecular formula is C15H19N3. The van der Waals surface area contributed by atoms with Gasteiger partial charge in [-0.1, -0.05) is 24.3 Å². The van der Waals surface area contributed by atoms with Gasteiger partial charge >= 0.3 is 0 Å². The van der Waals surface area contributed by atoms with E-state index in [9.17, 15) is 0 Å². The highest BCUT2D eigenvalue weighted by molar-refractivity contribution is 5.27. The van der Waals surface area contributed by atoms with Gasteiger partial charge < -0.3 is 5.32 Å². The Kier molecular flexibility index (Phi) is 3.42. The van der Waals surface area contributed by atoms with Crippen LogP contribution in [0.5, 0.6) is 0 Å². The molecule has 0 amide bonds. The fraction of sp³-hybridized carbons (Fsp3) is 0.400. The second-order valence-electron chi connectivity index (χ2n) is 4.96. The van der Waals surface area contributed by atoms with Crippen LogP contribution in [0.2, 0.25) is 0 Å². The van der Waals surface area contributed by atoms with Crippen molar-refractivity contribution in [3.63, 3.8) is 0 Å². The SMILES string of the molecule is c1cnn(CCNCc2ccc(C3CC3)cc2)c1. The highest BCUT2D eigenvalue weighted by Crippen LogP contribution is 2.39. The molecule has 0 spiro atoms. The fourth-order valence-electron chi connectivity index (χ4n) is 2.18. The molecule has 94 valence electrons. The van der Waals surface area contributed by atoms with E-state index in [0.29, 0.717) is 0 Å². The van der Waals surface area contributed by atoms with Crippen molar-refractivity contribution in [2.24, 2.45) is 0 Å². The predicted molar refractivity (Wildman–Crippen MR) is 72.4 cm³/mol. The number of benzene rings is 1. The standard InChI is InChI=1S/C15H19N3/c1-8-17-18(10-1)11-9-16-12-13-2-4-14(5-3-13)15-6-7-15/h1-5,8,10,15-16H,6-7,9,11-12H2.